The minimum atomic E-state index is 0.276. The predicted molar refractivity (Wildman–Crippen MR) is 255 cm³/mol. The van der Waals surface area contributed by atoms with Crippen molar-refractivity contribution in [2.24, 2.45) is 5.92 Å². The maximum absolute atomic E-state index is 6.84. The van der Waals surface area contributed by atoms with Gasteiger partial charge < -0.3 is 4.42 Å². The molecule has 0 saturated carbocycles. The van der Waals surface area contributed by atoms with Crippen LogP contribution in [-0.4, -0.2) is 29.5 Å². The lowest BCUT2D eigenvalue weighted by Crippen LogP contribution is -2.08. The third-order valence-corrected chi connectivity index (χ3v) is 12.1. The lowest BCUT2D eigenvalue weighted by Gasteiger charge is -2.17. The second kappa shape index (κ2) is 15.0. The number of fused-ring (bicyclic) bond motifs is 7. The number of para-hydroxylation sites is 2. The molecule has 1 aliphatic rings. The number of nitrogens with zero attached hydrogens (tertiary/aromatic N) is 6. The van der Waals surface area contributed by atoms with Gasteiger partial charge in [0.25, 0.3) is 0 Å². The number of hydrogen-bond acceptors (Lipinski definition) is 6. The van der Waals surface area contributed by atoms with Crippen LogP contribution in [0.3, 0.4) is 0 Å². The fraction of sp³-hybridized carbons (Fsp3) is 0.0536. The van der Waals surface area contributed by atoms with Gasteiger partial charge in [-0.15, -0.1) is 0 Å². The number of furan rings is 1. The van der Waals surface area contributed by atoms with Crippen LogP contribution >= 0.6 is 0 Å². The summed E-state index contributed by atoms with van der Waals surface area (Å²) in [5, 5.41) is 4.18. The summed E-state index contributed by atoms with van der Waals surface area (Å²) in [6, 6.07) is 60.5. The quantitative estimate of drug-likeness (QED) is 0.159. The molecule has 0 fully saturated rings. The van der Waals surface area contributed by atoms with Gasteiger partial charge in [0.1, 0.15) is 17.0 Å². The Hall–Kier alpha value is -8.29. The van der Waals surface area contributed by atoms with Crippen molar-refractivity contribution in [2.45, 2.75) is 13.3 Å². The molecule has 0 spiro atoms. The first-order valence-electron chi connectivity index (χ1n) is 21.3. The van der Waals surface area contributed by atoms with Crippen LogP contribution in [0.4, 0.5) is 0 Å². The van der Waals surface area contributed by atoms with Crippen molar-refractivity contribution in [1.29, 1.82) is 0 Å². The minimum absolute atomic E-state index is 0.276. The fourth-order valence-electron chi connectivity index (χ4n) is 9.03. The van der Waals surface area contributed by atoms with E-state index in [9.17, 15) is 0 Å². The first-order chi connectivity index (χ1) is 31.1. The topological polar surface area (TPSA) is 82.5 Å². The molecule has 0 bridgehead atoms. The normalized spacial score (nSPS) is 13.9. The molecule has 1 aliphatic carbocycles. The van der Waals surface area contributed by atoms with Crippen LogP contribution in [0.2, 0.25) is 0 Å². The van der Waals surface area contributed by atoms with E-state index >= 15 is 0 Å². The smallest absolute Gasteiger partial charge is 0.164 e. The fourth-order valence-corrected chi connectivity index (χ4v) is 9.03. The summed E-state index contributed by atoms with van der Waals surface area (Å²) in [7, 11) is 0. The number of allylic oxidation sites excluding steroid dienone is 4. The van der Waals surface area contributed by atoms with E-state index in [0.29, 0.717) is 23.3 Å². The van der Waals surface area contributed by atoms with Crippen molar-refractivity contribution in [3.8, 4) is 62.4 Å². The highest BCUT2D eigenvalue weighted by molar-refractivity contribution is 6.27. The van der Waals surface area contributed by atoms with Crippen LogP contribution in [0.1, 0.15) is 19.2 Å². The molecule has 298 valence electrons. The van der Waals surface area contributed by atoms with Crippen molar-refractivity contribution >= 4 is 49.3 Å². The summed E-state index contributed by atoms with van der Waals surface area (Å²) in [5.74, 6) is 3.63. The molecular formula is C56H38N6O. The predicted octanol–water partition coefficient (Wildman–Crippen LogP) is 14.0. The van der Waals surface area contributed by atoms with E-state index < -0.39 is 0 Å². The van der Waals surface area contributed by atoms with Crippen molar-refractivity contribution in [2.75, 3.05) is 0 Å². The zero-order valence-electron chi connectivity index (χ0n) is 34.4. The van der Waals surface area contributed by atoms with Crippen LogP contribution in [-0.2, 0) is 0 Å². The summed E-state index contributed by atoms with van der Waals surface area (Å²) < 4.78 is 9.14. The summed E-state index contributed by atoms with van der Waals surface area (Å²) in [6.07, 6.45) is 7.37. The molecule has 7 nitrogen and oxygen atoms in total. The van der Waals surface area contributed by atoms with Crippen LogP contribution in [0.5, 0.6) is 0 Å². The van der Waals surface area contributed by atoms with E-state index in [-0.39, 0.29) is 5.92 Å². The number of rotatable bonds is 7. The van der Waals surface area contributed by atoms with Gasteiger partial charge in [-0.05, 0) is 42.2 Å². The minimum Gasteiger partial charge on any atom is -0.455 e. The van der Waals surface area contributed by atoms with Crippen LogP contribution in [0.15, 0.2) is 199 Å². The SMILES string of the molecule is CC1CC=CC=C1c1nc(-c2ccccc2)nc(-c2cccc(-c3cc4c5ccccc5oc4c4c5ccccc5n(-c5cc(-c6ccccc6)nc(-c6ccccc6)n5)c34)c2)n1. The van der Waals surface area contributed by atoms with E-state index in [0.717, 1.165) is 101 Å². The molecule has 0 amide bonds. The Morgan fingerprint density at radius 1 is 0.508 bits per heavy atom. The summed E-state index contributed by atoms with van der Waals surface area (Å²) in [5.41, 5.74) is 11.4. The van der Waals surface area contributed by atoms with Gasteiger partial charge in [-0.2, -0.15) is 0 Å². The third kappa shape index (κ3) is 6.32. The molecule has 63 heavy (non-hydrogen) atoms. The number of benzene rings is 7. The van der Waals surface area contributed by atoms with Gasteiger partial charge in [0.2, 0.25) is 0 Å². The highest BCUT2D eigenvalue weighted by Crippen LogP contribution is 2.46. The van der Waals surface area contributed by atoms with E-state index in [4.69, 9.17) is 29.3 Å². The summed E-state index contributed by atoms with van der Waals surface area (Å²) in [4.78, 5) is 25.9. The van der Waals surface area contributed by atoms with Gasteiger partial charge >= 0.3 is 0 Å². The average Bonchev–Trinajstić information content (AvgIpc) is 3.91. The summed E-state index contributed by atoms with van der Waals surface area (Å²) >= 11 is 0. The molecule has 7 heteroatoms. The van der Waals surface area contributed by atoms with Crippen molar-refractivity contribution < 1.29 is 4.42 Å². The highest BCUT2D eigenvalue weighted by atomic mass is 16.3. The van der Waals surface area contributed by atoms with Crippen LogP contribution < -0.4 is 0 Å². The zero-order chi connectivity index (χ0) is 41.9. The molecule has 0 radical (unpaired) electrons. The highest BCUT2D eigenvalue weighted by Gasteiger charge is 2.25. The summed E-state index contributed by atoms with van der Waals surface area (Å²) in [6.45, 7) is 2.23. The van der Waals surface area contributed by atoms with Gasteiger partial charge in [0, 0.05) is 55.6 Å². The molecule has 0 aliphatic heterocycles. The van der Waals surface area contributed by atoms with Gasteiger partial charge in [-0.3, -0.25) is 4.57 Å². The lowest BCUT2D eigenvalue weighted by molar-refractivity contribution is 0.673. The van der Waals surface area contributed by atoms with E-state index in [1.165, 1.54) is 0 Å². The number of hydrogen-bond donors (Lipinski definition) is 0. The Labute approximate surface area is 363 Å². The molecule has 11 aromatic rings. The Bertz CT molecular complexity index is 3550. The molecule has 12 rings (SSSR count). The average molecular weight is 811 g/mol. The zero-order valence-corrected chi connectivity index (χ0v) is 34.4. The Kier molecular flexibility index (Phi) is 8.71. The molecule has 1 atom stereocenters. The lowest BCUT2D eigenvalue weighted by atomic mass is 9.92. The van der Waals surface area contributed by atoms with E-state index in [2.05, 4.69) is 139 Å². The van der Waals surface area contributed by atoms with Gasteiger partial charge in [0.05, 0.1) is 22.1 Å². The third-order valence-electron chi connectivity index (χ3n) is 12.1. The van der Waals surface area contributed by atoms with Crippen molar-refractivity contribution in [1.82, 2.24) is 29.5 Å². The van der Waals surface area contributed by atoms with Gasteiger partial charge in [0.15, 0.2) is 23.3 Å². The van der Waals surface area contributed by atoms with Gasteiger partial charge in [-0.1, -0.05) is 171 Å². The maximum Gasteiger partial charge on any atom is 0.164 e. The Morgan fingerprint density at radius 3 is 1.86 bits per heavy atom. The van der Waals surface area contributed by atoms with E-state index in [1.807, 2.05) is 66.7 Å². The Morgan fingerprint density at radius 2 is 1.11 bits per heavy atom. The largest absolute Gasteiger partial charge is 0.455 e. The Balaban J connectivity index is 1.15. The molecule has 7 aromatic carbocycles. The molecular weight excluding hydrogens is 773 g/mol. The molecule has 1 unspecified atom stereocenters. The molecule has 0 N–H and O–H groups in total. The van der Waals surface area contributed by atoms with Crippen molar-refractivity contribution in [3.63, 3.8) is 0 Å². The van der Waals surface area contributed by atoms with E-state index in [1.54, 1.807) is 0 Å². The maximum atomic E-state index is 6.84. The molecule has 4 heterocycles. The van der Waals surface area contributed by atoms with Crippen molar-refractivity contribution in [3.05, 3.63) is 200 Å². The molecule has 4 aromatic heterocycles. The standard InChI is InChI=1S/C56H38N6O/c1-35-18-11-12-27-41(35)56-60-54(38-23-9-4-10-24-38)59-55(61-56)40-26-17-25-39(32-40)44-33-45-42-28-14-16-31-48(42)63-52(45)50-43-29-13-15-30-47(43)62(51(44)50)49-34-46(36-19-5-2-6-20-36)57-53(58-49)37-21-7-3-8-22-37/h2-17,19-35H,18H2,1H3. The number of aromatic nitrogens is 6. The first-order valence-corrected chi connectivity index (χ1v) is 21.3. The van der Waals surface area contributed by atoms with Crippen LogP contribution in [0.25, 0.3) is 112 Å². The monoisotopic (exact) mass is 810 g/mol. The van der Waals surface area contributed by atoms with Gasteiger partial charge in [-0.25, -0.2) is 24.9 Å². The second-order valence-corrected chi connectivity index (χ2v) is 16.1. The molecule has 0 saturated heterocycles. The van der Waals surface area contributed by atoms with Crippen LogP contribution in [0, 0.1) is 5.92 Å². The first kappa shape index (κ1) is 36.6. The second-order valence-electron chi connectivity index (χ2n) is 16.1.